The maximum Gasteiger partial charge on any atom is 0.325 e. The van der Waals surface area contributed by atoms with E-state index in [4.69, 9.17) is 14.3 Å². The zero-order valence-electron chi connectivity index (χ0n) is 38.1. The molecule has 2 aromatic heterocycles. The number of fused-ring (bicyclic) bond motifs is 6. The van der Waals surface area contributed by atoms with Crippen LogP contribution in [0.4, 0.5) is 15.9 Å². The van der Waals surface area contributed by atoms with Gasteiger partial charge in [-0.2, -0.15) is 0 Å². The van der Waals surface area contributed by atoms with Crippen molar-refractivity contribution < 1.29 is 37.9 Å². The molecule has 1 aromatic carbocycles. The smallest absolute Gasteiger partial charge is 0.325 e. The molecule has 3 N–H and O–H groups in total. The van der Waals surface area contributed by atoms with Crippen LogP contribution in [0.1, 0.15) is 134 Å². The number of ether oxygens (including phenoxy) is 2. The second-order valence-electron chi connectivity index (χ2n) is 19.8. The van der Waals surface area contributed by atoms with Gasteiger partial charge in [0.25, 0.3) is 5.91 Å². The normalized spacial score (nSPS) is 26.8. The average Bonchev–Trinajstić information content (AvgIpc) is 3.88. The van der Waals surface area contributed by atoms with Crippen molar-refractivity contribution in [2.45, 2.75) is 131 Å². The van der Waals surface area contributed by atoms with Gasteiger partial charge in [0.1, 0.15) is 43.8 Å². The molecule has 4 aliphatic carbocycles. The summed E-state index contributed by atoms with van der Waals surface area (Å²) in [6.45, 7) is 13.5. The number of aromatic nitrogens is 2. The Hall–Kier alpha value is -4.78. The molecule has 0 saturated heterocycles. The number of anilines is 2. The summed E-state index contributed by atoms with van der Waals surface area (Å²) in [6.07, 6.45) is 18.2. The van der Waals surface area contributed by atoms with Crippen LogP contribution in [-0.2, 0) is 28.7 Å². The molecule has 2 amide bonds. The van der Waals surface area contributed by atoms with Gasteiger partial charge in [-0.1, -0.05) is 71.6 Å². The zero-order chi connectivity index (χ0) is 44.9. The molecule has 0 bridgehead atoms. The van der Waals surface area contributed by atoms with Gasteiger partial charge in [-0.15, -0.1) is 0 Å². The summed E-state index contributed by atoms with van der Waals surface area (Å²) in [6, 6.07) is 7.98. The Morgan fingerprint density at radius 1 is 0.952 bits per heavy atom. The molecule has 3 saturated carbocycles. The lowest BCUT2D eigenvalue weighted by Crippen LogP contribution is -2.51. The molecule has 342 valence electrons. The number of hydrogen-bond donors (Lipinski definition) is 3. The predicted molar refractivity (Wildman–Crippen MR) is 239 cm³/mol. The van der Waals surface area contributed by atoms with Gasteiger partial charge in [-0.25, -0.2) is 14.9 Å². The molecular formula is C50H68FN5O7. The van der Waals surface area contributed by atoms with Gasteiger partial charge in [-0.3, -0.25) is 28.4 Å². The third kappa shape index (κ3) is 10.4. The van der Waals surface area contributed by atoms with Crippen LogP contribution in [0.3, 0.4) is 0 Å². The van der Waals surface area contributed by atoms with E-state index < -0.39 is 29.6 Å². The predicted octanol–water partition coefficient (Wildman–Crippen LogP) is 9.58. The minimum Gasteiger partial charge on any atom is -0.463 e. The molecule has 0 spiro atoms. The summed E-state index contributed by atoms with van der Waals surface area (Å²) >= 11 is 0. The lowest BCUT2D eigenvalue weighted by Gasteiger charge is -2.58. The summed E-state index contributed by atoms with van der Waals surface area (Å²) in [5, 5.41) is 5.57. The number of hydrogen-bond acceptors (Lipinski definition) is 9. The number of aryl methyl sites for hydroxylation is 1. The monoisotopic (exact) mass is 870 g/mol. The minimum atomic E-state index is -0.630. The lowest BCUT2D eigenvalue weighted by molar-refractivity contribution is -0.151. The molecule has 0 radical (unpaired) electrons. The molecule has 8 atom stereocenters. The Balaban J connectivity index is 0.790. The van der Waals surface area contributed by atoms with Crippen LogP contribution in [0.2, 0.25) is 0 Å². The van der Waals surface area contributed by atoms with E-state index in [0.717, 1.165) is 60.8 Å². The fraction of sp³-hybridized carbons (Fsp3) is 0.620. The number of imidazole rings is 1. The topological polar surface area (TPSA) is 149 Å². The summed E-state index contributed by atoms with van der Waals surface area (Å²) in [5.74, 6) is 2.26. The van der Waals surface area contributed by atoms with Crippen LogP contribution in [0, 0.1) is 59.1 Å². The number of pyridine rings is 1. The number of benzene rings is 1. The Bertz CT molecular complexity index is 2170. The van der Waals surface area contributed by atoms with Crippen LogP contribution in [0.15, 0.2) is 54.5 Å². The highest BCUT2D eigenvalue weighted by Crippen LogP contribution is 2.67. The average molecular weight is 870 g/mol. The zero-order valence-corrected chi connectivity index (χ0v) is 38.1. The molecule has 63 heavy (non-hydrogen) atoms. The third-order valence-corrected chi connectivity index (χ3v) is 15.4. The van der Waals surface area contributed by atoms with Crippen molar-refractivity contribution in [2.24, 2.45) is 46.3 Å². The fourth-order valence-electron chi connectivity index (χ4n) is 12.0. The Labute approximate surface area is 371 Å². The summed E-state index contributed by atoms with van der Waals surface area (Å²) in [4.78, 5) is 60.2. The number of carbonyl (C=O) groups excluding carboxylic acids is 4. The third-order valence-electron chi connectivity index (χ3n) is 15.4. The SMILES string of the molecule is Cc1ccc(Nc2c(C(=O)NOCCOC(=O)CCC(=O)NCC(=O)OC3CCC4(C)C(=CCC5C4CCC4(C)C(C(C)CCCC(C)C)CCC54)C3)ccc3cncn23)c(F)c1. The first-order valence-corrected chi connectivity index (χ1v) is 23.4. The number of amides is 2. The highest BCUT2D eigenvalue weighted by molar-refractivity contribution is 5.99. The van der Waals surface area contributed by atoms with Crippen molar-refractivity contribution in [1.82, 2.24) is 20.2 Å². The molecule has 2 heterocycles. The minimum absolute atomic E-state index is 0.153. The highest BCUT2D eigenvalue weighted by atomic mass is 19.1. The highest BCUT2D eigenvalue weighted by Gasteiger charge is 2.59. The van der Waals surface area contributed by atoms with E-state index in [9.17, 15) is 23.6 Å². The molecule has 4 aliphatic rings. The van der Waals surface area contributed by atoms with E-state index in [1.165, 1.54) is 62.9 Å². The van der Waals surface area contributed by atoms with Crippen LogP contribution < -0.4 is 16.1 Å². The fourth-order valence-corrected chi connectivity index (χ4v) is 12.0. The lowest BCUT2D eigenvalue weighted by atomic mass is 9.47. The van der Waals surface area contributed by atoms with Crippen LogP contribution >= 0.6 is 0 Å². The molecule has 0 aliphatic heterocycles. The van der Waals surface area contributed by atoms with Crippen LogP contribution in [0.5, 0.6) is 0 Å². The van der Waals surface area contributed by atoms with Crippen molar-refractivity contribution in [1.29, 1.82) is 0 Å². The van der Waals surface area contributed by atoms with Crippen molar-refractivity contribution in [3.05, 3.63) is 71.4 Å². The summed E-state index contributed by atoms with van der Waals surface area (Å²) in [5.41, 5.74) is 6.16. The number of carbonyl (C=O) groups is 4. The maximum atomic E-state index is 14.7. The molecular weight excluding hydrogens is 802 g/mol. The molecule has 7 rings (SSSR count). The van der Waals surface area contributed by atoms with Crippen molar-refractivity contribution in [3.8, 4) is 0 Å². The van der Waals surface area contributed by atoms with Gasteiger partial charge in [0, 0.05) is 12.8 Å². The molecule has 13 heteroatoms. The first kappa shape index (κ1) is 46.2. The standard InChI is InChI=1S/C50H68FN5O7/c1-31(2)8-7-9-33(4)39-15-16-40-37-13-11-34-27-36(20-22-49(34,5)41(37)21-23-50(39,40)6)63-46(59)29-53-44(57)18-19-45(58)61-24-25-62-55-48(60)38-14-12-35-28-52-30-56(35)47(38)54-43-17-10-32(3)26-42(43)51/h10-12,14,17,26,28,30-31,33,36-37,39-41,54H,7-9,13,15-16,18-25,27,29H2,1-6H3,(H,53,57)(H,55,60). The Kier molecular flexibility index (Phi) is 14.6. The van der Waals surface area contributed by atoms with Crippen LogP contribution in [0.25, 0.3) is 5.52 Å². The molecule has 8 unspecified atom stereocenters. The van der Waals surface area contributed by atoms with E-state index in [2.05, 4.69) is 61.8 Å². The number of hydroxylamine groups is 1. The molecule has 3 fully saturated rings. The molecule has 3 aromatic rings. The van der Waals surface area contributed by atoms with Crippen LogP contribution in [-0.4, -0.2) is 59.0 Å². The van der Waals surface area contributed by atoms with Gasteiger partial charge < -0.3 is 20.1 Å². The maximum absolute atomic E-state index is 14.7. The van der Waals surface area contributed by atoms with Gasteiger partial charge in [-0.05, 0) is 128 Å². The quantitative estimate of drug-likeness (QED) is 0.0492. The largest absolute Gasteiger partial charge is 0.463 e. The van der Waals surface area contributed by atoms with Crippen molar-refractivity contribution in [2.75, 3.05) is 25.1 Å². The van der Waals surface area contributed by atoms with Gasteiger partial charge in [0.05, 0.1) is 29.4 Å². The van der Waals surface area contributed by atoms with E-state index >= 15 is 0 Å². The Morgan fingerprint density at radius 3 is 2.57 bits per heavy atom. The number of nitrogens with zero attached hydrogens (tertiary/aromatic N) is 2. The Morgan fingerprint density at radius 2 is 1.78 bits per heavy atom. The second-order valence-corrected chi connectivity index (χ2v) is 19.8. The first-order valence-electron chi connectivity index (χ1n) is 23.4. The summed E-state index contributed by atoms with van der Waals surface area (Å²) < 4.78 is 27.3. The van der Waals surface area contributed by atoms with Crippen molar-refractivity contribution >= 4 is 40.8 Å². The number of halogens is 1. The van der Waals surface area contributed by atoms with Crippen molar-refractivity contribution in [3.63, 3.8) is 0 Å². The van der Waals surface area contributed by atoms with E-state index in [-0.39, 0.29) is 61.2 Å². The number of rotatable bonds is 18. The second kappa shape index (κ2) is 19.9. The molecule has 12 nitrogen and oxygen atoms in total. The summed E-state index contributed by atoms with van der Waals surface area (Å²) in [7, 11) is 0. The van der Waals surface area contributed by atoms with E-state index in [1.807, 2.05) is 0 Å². The van der Waals surface area contributed by atoms with E-state index in [0.29, 0.717) is 16.8 Å². The first-order chi connectivity index (χ1) is 30.2. The number of esters is 2. The van der Waals surface area contributed by atoms with Gasteiger partial charge >= 0.3 is 11.9 Å². The van der Waals surface area contributed by atoms with E-state index in [1.54, 1.807) is 41.8 Å². The van der Waals surface area contributed by atoms with Gasteiger partial charge in [0.15, 0.2) is 0 Å². The van der Waals surface area contributed by atoms with Gasteiger partial charge in [0.2, 0.25) is 5.91 Å². The number of nitrogens with one attached hydrogen (secondary N) is 3. The number of allylic oxidation sites excluding steroid dienone is 1.